The van der Waals surface area contributed by atoms with Crippen molar-refractivity contribution in [3.05, 3.63) is 47.2 Å². The summed E-state index contributed by atoms with van der Waals surface area (Å²) in [6.07, 6.45) is -4.83. The maximum absolute atomic E-state index is 13.5. The van der Waals surface area contributed by atoms with Crippen LogP contribution in [0.25, 0.3) is 0 Å². The number of halogens is 3. The molecule has 1 aromatic carbocycles. The van der Waals surface area contributed by atoms with Gasteiger partial charge in [0.05, 0.1) is 17.1 Å². The van der Waals surface area contributed by atoms with E-state index in [9.17, 15) is 26.4 Å². The molecule has 2 aromatic rings. The van der Waals surface area contributed by atoms with Crippen LogP contribution in [0.3, 0.4) is 0 Å². The minimum Gasteiger partial charge on any atom is -0.339 e. The molecule has 0 aliphatic carbocycles. The van der Waals surface area contributed by atoms with Crippen LogP contribution in [0.2, 0.25) is 0 Å². The lowest BCUT2D eigenvalue weighted by Crippen LogP contribution is -2.44. The van der Waals surface area contributed by atoms with Crippen LogP contribution in [-0.2, 0) is 16.0 Å². The van der Waals surface area contributed by atoms with Gasteiger partial charge in [0.2, 0.25) is 0 Å². The highest BCUT2D eigenvalue weighted by Gasteiger charge is 2.39. The number of aryl methyl sites for hydroxylation is 1. The van der Waals surface area contributed by atoms with E-state index in [0.717, 1.165) is 16.5 Å². The molecule has 11 heteroatoms. The summed E-state index contributed by atoms with van der Waals surface area (Å²) in [5, 5.41) is 9.93. The zero-order chi connectivity index (χ0) is 20.5. The lowest BCUT2D eigenvalue weighted by atomic mass is 10.1. The predicted molar refractivity (Wildman–Crippen MR) is 96.1 cm³/mol. The third-order valence-electron chi connectivity index (χ3n) is 4.22. The highest BCUT2D eigenvalue weighted by molar-refractivity contribution is 7.91. The van der Waals surface area contributed by atoms with E-state index >= 15 is 0 Å². The van der Waals surface area contributed by atoms with Gasteiger partial charge in [0.1, 0.15) is 0 Å². The molecule has 7 nitrogen and oxygen atoms in total. The number of anilines is 2. The van der Waals surface area contributed by atoms with E-state index in [0.29, 0.717) is 5.69 Å². The highest BCUT2D eigenvalue weighted by Crippen LogP contribution is 2.33. The van der Waals surface area contributed by atoms with E-state index in [4.69, 9.17) is 0 Å². The van der Waals surface area contributed by atoms with E-state index in [1.54, 1.807) is 18.2 Å². The average Bonchev–Trinajstić information content (AvgIpc) is 2.60. The maximum Gasteiger partial charge on any atom is 0.418 e. The molecular weight excluding hydrogens is 397 g/mol. The van der Waals surface area contributed by atoms with Crippen LogP contribution in [0.5, 0.6) is 0 Å². The van der Waals surface area contributed by atoms with Crippen LogP contribution in [0.1, 0.15) is 21.6 Å². The molecule has 1 saturated heterocycles. The minimum absolute atomic E-state index is 0.157. The summed E-state index contributed by atoms with van der Waals surface area (Å²) >= 11 is 0. The molecule has 0 saturated carbocycles. The van der Waals surface area contributed by atoms with Gasteiger partial charge in [-0.15, -0.1) is 10.2 Å². The first-order valence-electron chi connectivity index (χ1n) is 8.33. The first-order valence-corrected chi connectivity index (χ1v) is 10.2. The van der Waals surface area contributed by atoms with Crippen LogP contribution in [-0.4, -0.2) is 54.0 Å². The second-order valence-corrected chi connectivity index (χ2v) is 8.73. The van der Waals surface area contributed by atoms with Crippen molar-refractivity contribution in [1.29, 1.82) is 0 Å². The molecule has 0 unspecified atom stereocenters. The summed E-state index contributed by atoms with van der Waals surface area (Å²) in [6.45, 7) is 1.48. The van der Waals surface area contributed by atoms with Gasteiger partial charge >= 0.3 is 6.18 Å². The molecule has 2 heterocycles. The second-order valence-electron chi connectivity index (χ2n) is 6.43. The van der Waals surface area contributed by atoms with Gasteiger partial charge in [0, 0.05) is 18.8 Å². The number of hydrogen-bond acceptors (Lipinski definition) is 6. The van der Waals surface area contributed by atoms with Crippen molar-refractivity contribution in [1.82, 2.24) is 15.1 Å². The summed E-state index contributed by atoms with van der Waals surface area (Å²) in [5.74, 6) is -1.73. The van der Waals surface area contributed by atoms with Crippen LogP contribution >= 0.6 is 0 Å². The van der Waals surface area contributed by atoms with Crippen molar-refractivity contribution in [3.8, 4) is 0 Å². The number of carbonyl (C=O) groups is 1. The molecule has 1 amide bonds. The van der Waals surface area contributed by atoms with Gasteiger partial charge < -0.3 is 10.2 Å². The number of alkyl halides is 3. The third-order valence-corrected chi connectivity index (χ3v) is 5.83. The Morgan fingerprint density at radius 3 is 2.43 bits per heavy atom. The molecular formula is C17H17F3N4O3S. The van der Waals surface area contributed by atoms with Crippen molar-refractivity contribution in [2.24, 2.45) is 0 Å². The Hall–Kier alpha value is -2.69. The fourth-order valence-corrected chi connectivity index (χ4v) is 3.96. The lowest BCUT2D eigenvalue weighted by Gasteiger charge is -2.27. The Balaban J connectivity index is 1.90. The fourth-order valence-electron chi connectivity index (χ4n) is 2.76. The first-order chi connectivity index (χ1) is 13.0. The third kappa shape index (κ3) is 4.58. The Morgan fingerprint density at radius 1 is 1.14 bits per heavy atom. The first kappa shape index (κ1) is 20.1. The van der Waals surface area contributed by atoms with Gasteiger partial charge in [-0.05, 0) is 30.7 Å². The molecule has 28 heavy (non-hydrogen) atoms. The second kappa shape index (κ2) is 7.38. The minimum atomic E-state index is -4.83. The Kier molecular flexibility index (Phi) is 5.28. The molecule has 1 N–H and O–H groups in total. The largest absolute Gasteiger partial charge is 0.418 e. The quantitative estimate of drug-likeness (QED) is 0.829. The van der Waals surface area contributed by atoms with Crippen molar-refractivity contribution < 1.29 is 26.4 Å². The summed E-state index contributed by atoms with van der Waals surface area (Å²) in [7, 11) is -3.28. The number of nitrogens with zero attached hydrogens (tertiary/aromatic N) is 3. The number of hydrogen-bond donors (Lipinski definition) is 1. The van der Waals surface area contributed by atoms with Crippen LogP contribution < -0.4 is 5.32 Å². The monoisotopic (exact) mass is 414 g/mol. The molecule has 1 aliphatic heterocycles. The molecule has 1 fully saturated rings. The lowest BCUT2D eigenvalue weighted by molar-refractivity contribution is -0.138. The molecule has 0 spiro atoms. The molecule has 1 aliphatic rings. The van der Waals surface area contributed by atoms with Gasteiger partial charge in [-0.3, -0.25) is 4.79 Å². The number of nitrogens with one attached hydrogen (secondary N) is 1. The Bertz CT molecular complexity index is 995. The van der Waals surface area contributed by atoms with Crippen LogP contribution in [0.4, 0.5) is 24.7 Å². The van der Waals surface area contributed by atoms with E-state index in [1.807, 2.05) is 13.0 Å². The van der Waals surface area contributed by atoms with E-state index in [1.165, 1.54) is 0 Å². The zero-order valence-corrected chi connectivity index (χ0v) is 15.6. The molecule has 1 aromatic heterocycles. The summed E-state index contributed by atoms with van der Waals surface area (Å²) < 4.78 is 63.5. The smallest absolute Gasteiger partial charge is 0.339 e. The zero-order valence-electron chi connectivity index (χ0n) is 14.8. The van der Waals surface area contributed by atoms with Crippen LogP contribution in [0.15, 0.2) is 30.3 Å². The molecule has 0 bridgehead atoms. The highest BCUT2D eigenvalue weighted by atomic mass is 32.2. The predicted octanol–water partition coefficient (Wildman–Crippen LogP) is 2.42. The van der Waals surface area contributed by atoms with Gasteiger partial charge in [0.25, 0.3) is 5.91 Å². The Labute approximate surface area is 159 Å². The summed E-state index contributed by atoms with van der Waals surface area (Å²) in [5.41, 5.74) is -0.638. The number of aromatic nitrogens is 2. The van der Waals surface area contributed by atoms with Gasteiger partial charge in [-0.2, -0.15) is 13.2 Å². The standard InChI is InChI=1S/C17H17F3N4O3S/c1-11-3-2-4-12(9-11)21-14-10-13(17(18,19)20)15(23-22-14)16(25)24-5-7-28(26,27)8-6-24/h2-4,9-10H,5-8H2,1H3,(H,21,22). The molecule has 3 rings (SSSR count). The number of benzene rings is 1. The summed E-state index contributed by atoms with van der Waals surface area (Å²) in [6, 6.07) is 7.68. The number of carbonyl (C=O) groups excluding carboxylic acids is 1. The van der Waals surface area contributed by atoms with Crippen molar-refractivity contribution in [2.45, 2.75) is 13.1 Å². The van der Waals surface area contributed by atoms with Crippen molar-refractivity contribution in [3.63, 3.8) is 0 Å². The Morgan fingerprint density at radius 2 is 1.82 bits per heavy atom. The fraction of sp³-hybridized carbons (Fsp3) is 0.353. The molecule has 150 valence electrons. The summed E-state index contributed by atoms with van der Waals surface area (Å²) in [4.78, 5) is 13.6. The van der Waals surface area contributed by atoms with E-state index in [-0.39, 0.29) is 30.4 Å². The van der Waals surface area contributed by atoms with Gasteiger partial charge in [0.15, 0.2) is 21.3 Å². The van der Waals surface area contributed by atoms with Crippen molar-refractivity contribution in [2.75, 3.05) is 29.9 Å². The van der Waals surface area contributed by atoms with Crippen LogP contribution in [0, 0.1) is 6.92 Å². The topological polar surface area (TPSA) is 92.3 Å². The van der Waals surface area contributed by atoms with E-state index in [2.05, 4.69) is 15.5 Å². The molecule has 0 radical (unpaired) electrons. The van der Waals surface area contributed by atoms with E-state index < -0.39 is 33.2 Å². The number of amides is 1. The van der Waals surface area contributed by atoms with Gasteiger partial charge in [-0.25, -0.2) is 8.42 Å². The van der Waals surface area contributed by atoms with Gasteiger partial charge in [-0.1, -0.05) is 12.1 Å². The van der Waals surface area contributed by atoms with Crippen molar-refractivity contribution >= 4 is 27.2 Å². The normalized spacial score (nSPS) is 16.6. The molecule has 0 atom stereocenters. The maximum atomic E-state index is 13.5. The average molecular weight is 414 g/mol. The number of sulfone groups is 1. The number of rotatable bonds is 3. The SMILES string of the molecule is Cc1cccc(Nc2cc(C(F)(F)F)c(C(=O)N3CCS(=O)(=O)CC3)nn2)c1.